The van der Waals surface area contributed by atoms with Crippen molar-refractivity contribution in [2.24, 2.45) is 5.92 Å². The second kappa shape index (κ2) is 6.42. The Bertz CT molecular complexity index is 545. The molecule has 21 heavy (non-hydrogen) atoms. The number of fused-ring (bicyclic) bond motifs is 1. The Hall–Kier alpha value is -0.980. The van der Waals surface area contributed by atoms with E-state index in [1.165, 1.54) is 48.1 Å². The molecular formula is C18H24N2S. The SMILES string of the molecule is CCCNC(C#N)(CSc1ccc2c(c1)CCC2)C1CC1. The molecular weight excluding hydrogens is 276 g/mol. The van der Waals surface area contributed by atoms with Gasteiger partial charge in [-0.2, -0.15) is 5.26 Å². The summed E-state index contributed by atoms with van der Waals surface area (Å²) < 4.78 is 0. The van der Waals surface area contributed by atoms with Crippen LogP contribution in [0.2, 0.25) is 0 Å². The van der Waals surface area contributed by atoms with Gasteiger partial charge in [-0.3, -0.25) is 5.32 Å². The van der Waals surface area contributed by atoms with E-state index in [1.54, 1.807) is 0 Å². The maximum absolute atomic E-state index is 9.72. The molecule has 1 unspecified atom stereocenters. The number of nitrogens with one attached hydrogen (secondary N) is 1. The van der Waals surface area contributed by atoms with Crippen molar-refractivity contribution in [1.82, 2.24) is 5.32 Å². The summed E-state index contributed by atoms with van der Waals surface area (Å²) in [6, 6.07) is 9.48. The summed E-state index contributed by atoms with van der Waals surface area (Å²) in [6.45, 7) is 3.10. The second-order valence-corrected chi connectivity index (χ2v) is 7.41. The van der Waals surface area contributed by atoms with Gasteiger partial charge in [-0.05, 0) is 74.2 Å². The Balaban J connectivity index is 1.68. The number of aryl methyl sites for hydroxylation is 2. The number of rotatable bonds is 7. The lowest BCUT2D eigenvalue weighted by atomic mass is 9.97. The Morgan fingerprint density at radius 1 is 1.33 bits per heavy atom. The summed E-state index contributed by atoms with van der Waals surface area (Å²) in [5, 5.41) is 13.3. The van der Waals surface area contributed by atoms with E-state index in [9.17, 15) is 5.26 Å². The summed E-state index contributed by atoms with van der Waals surface area (Å²) in [4.78, 5) is 1.33. The molecule has 3 rings (SSSR count). The van der Waals surface area contributed by atoms with Gasteiger partial charge in [0, 0.05) is 10.6 Å². The number of hydrogen-bond donors (Lipinski definition) is 1. The topological polar surface area (TPSA) is 35.8 Å². The first-order chi connectivity index (χ1) is 10.3. The molecule has 2 aliphatic carbocycles. The zero-order chi connectivity index (χ0) is 14.7. The Morgan fingerprint density at radius 2 is 2.14 bits per heavy atom. The van der Waals surface area contributed by atoms with Gasteiger partial charge in [-0.25, -0.2) is 0 Å². The summed E-state index contributed by atoms with van der Waals surface area (Å²) in [7, 11) is 0. The lowest BCUT2D eigenvalue weighted by Gasteiger charge is -2.27. The monoisotopic (exact) mass is 300 g/mol. The van der Waals surface area contributed by atoms with Crippen molar-refractivity contribution >= 4 is 11.8 Å². The van der Waals surface area contributed by atoms with Crippen LogP contribution in [-0.4, -0.2) is 17.8 Å². The molecule has 1 atom stereocenters. The van der Waals surface area contributed by atoms with Crippen molar-refractivity contribution in [2.45, 2.75) is 55.9 Å². The van der Waals surface area contributed by atoms with Crippen molar-refractivity contribution in [2.75, 3.05) is 12.3 Å². The molecule has 112 valence electrons. The highest BCUT2D eigenvalue weighted by Gasteiger charge is 2.45. The molecule has 0 amide bonds. The van der Waals surface area contributed by atoms with Crippen LogP contribution in [0.25, 0.3) is 0 Å². The van der Waals surface area contributed by atoms with Gasteiger partial charge in [0.15, 0.2) is 0 Å². The van der Waals surface area contributed by atoms with Gasteiger partial charge < -0.3 is 0 Å². The molecule has 1 N–H and O–H groups in total. The lowest BCUT2D eigenvalue weighted by molar-refractivity contribution is 0.405. The van der Waals surface area contributed by atoms with Crippen LogP contribution in [-0.2, 0) is 12.8 Å². The summed E-state index contributed by atoms with van der Waals surface area (Å²) >= 11 is 1.85. The highest BCUT2D eigenvalue weighted by molar-refractivity contribution is 7.99. The molecule has 0 bridgehead atoms. The predicted molar refractivity (Wildman–Crippen MR) is 88.6 cm³/mol. The van der Waals surface area contributed by atoms with Gasteiger partial charge in [-0.15, -0.1) is 11.8 Å². The number of benzene rings is 1. The van der Waals surface area contributed by atoms with E-state index < -0.39 is 0 Å². The average Bonchev–Trinajstić information content (AvgIpc) is 3.26. The summed E-state index contributed by atoms with van der Waals surface area (Å²) in [6.07, 6.45) is 7.25. The van der Waals surface area contributed by atoms with Gasteiger partial charge in [0.25, 0.3) is 0 Å². The standard InChI is InChI=1S/C18H24N2S/c1-2-10-20-18(12-19,16-7-8-16)13-21-17-9-6-14-4-3-5-15(14)11-17/h6,9,11,16,20H,2-5,7-8,10,13H2,1H3. The first-order valence-electron chi connectivity index (χ1n) is 8.18. The van der Waals surface area contributed by atoms with Crippen molar-refractivity contribution in [3.8, 4) is 6.07 Å². The minimum atomic E-state index is -0.320. The molecule has 1 aromatic rings. The molecule has 3 heteroatoms. The quantitative estimate of drug-likeness (QED) is 0.775. The van der Waals surface area contributed by atoms with Crippen LogP contribution in [0.3, 0.4) is 0 Å². The van der Waals surface area contributed by atoms with Crippen molar-refractivity contribution in [3.05, 3.63) is 29.3 Å². The Kier molecular flexibility index (Phi) is 4.57. The van der Waals surface area contributed by atoms with Crippen molar-refractivity contribution in [1.29, 1.82) is 5.26 Å². The zero-order valence-corrected chi connectivity index (χ0v) is 13.6. The molecule has 0 saturated heterocycles. The molecule has 0 heterocycles. The number of nitriles is 1. The van der Waals surface area contributed by atoms with E-state index in [2.05, 4.69) is 36.5 Å². The number of thioether (sulfide) groups is 1. The largest absolute Gasteiger partial charge is 0.298 e. The fourth-order valence-corrected chi connectivity index (χ4v) is 4.42. The van der Waals surface area contributed by atoms with Crippen LogP contribution in [0.4, 0.5) is 0 Å². The van der Waals surface area contributed by atoms with Crippen LogP contribution >= 0.6 is 11.8 Å². The van der Waals surface area contributed by atoms with Crippen molar-refractivity contribution < 1.29 is 0 Å². The Labute approximate surface area is 132 Å². The molecule has 1 fully saturated rings. The predicted octanol–water partition coefficient (Wildman–Crippen LogP) is 3.94. The van der Waals surface area contributed by atoms with Gasteiger partial charge >= 0.3 is 0 Å². The van der Waals surface area contributed by atoms with Gasteiger partial charge in [0.1, 0.15) is 5.54 Å². The third kappa shape index (κ3) is 3.27. The molecule has 0 radical (unpaired) electrons. The smallest absolute Gasteiger partial charge is 0.119 e. The van der Waals surface area contributed by atoms with Crippen LogP contribution in [0, 0.1) is 17.2 Å². The third-order valence-electron chi connectivity index (χ3n) is 4.70. The van der Waals surface area contributed by atoms with E-state index in [0.717, 1.165) is 18.7 Å². The maximum atomic E-state index is 9.72. The summed E-state index contributed by atoms with van der Waals surface area (Å²) in [5.74, 6) is 1.42. The maximum Gasteiger partial charge on any atom is 0.119 e. The van der Waals surface area contributed by atoms with Crippen LogP contribution in [0.15, 0.2) is 23.1 Å². The van der Waals surface area contributed by atoms with E-state index in [4.69, 9.17) is 0 Å². The van der Waals surface area contributed by atoms with Crippen LogP contribution in [0.1, 0.15) is 43.7 Å². The summed E-state index contributed by atoms with van der Waals surface area (Å²) in [5.41, 5.74) is 2.73. The fourth-order valence-electron chi connectivity index (χ4n) is 3.24. The van der Waals surface area contributed by atoms with E-state index >= 15 is 0 Å². The minimum absolute atomic E-state index is 0.320. The molecule has 2 aliphatic rings. The van der Waals surface area contributed by atoms with Gasteiger partial charge in [0.2, 0.25) is 0 Å². The van der Waals surface area contributed by atoms with Crippen LogP contribution < -0.4 is 5.32 Å². The molecule has 1 aromatic carbocycles. The van der Waals surface area contributed by atoms with E-state index in [-0.39, 0.29) is 5.54 Å². The highest BCUT2D eigenvalue weighted by Crippen LogP contribution is 2.42. The minimum Gasteiger partial charge on any atom is -0.298 e. The lowest BCUT2D eigenvalue weighted by Crippen LogP contribution is -2.48. The zero-order valence-electron chi connectivity index (χ0n) is 12.8. The fraction of sp³-hybridized carbons (Fsp3) is 0.611. The normalized spacial score (nSPS) is 19.8. The second-order valence-electron chi connectivity index (χ2n) is 6.36. The molecule has 1 saturated carbocycles. The van der Waals surface area contributed by atoms with Crippen LogP contribution in [0.5, 0.6) is 0 Å². The first kappa shape index (κ1) is 14.9. The number of nitrogens with zero attached hydrogens (tertiary/aromatic N) is 1. The van der Waals surface area contributed by atoms with E-state index in [0.29, 0.717) is 5.92 Å². The average molecular weight is 300 g/mol. The number of hydrogen-bond acceptors (Lipinski definition) is 3. The molecule has 0 aromatic heterocycles. The molecule has 0 aliphatic heterocycles. The van der Waals surface area contributed by atoms with E-state index in [1.807, 2.05) is 11.8 Å². The Morgan fingerprint density at radius 3 is 2.86 bits per heavy atom. The van der Waals surface area contributed by atoms with Gasteiger partial charge in [-0.1, -0.05) is 13.0 Å². The molecule has 0 spiro atoms. The highest BCUT2D eigenvalue weighted by atomic mass is 32.2. The van der Waals surface area contributed by atoms with Crippen molar-refractivity contribution in [3.63, 3.8) is 0 Å². The first-order valence-corrected chi connectivity index (χ1v) is 9.17. The third-order valence-corrected chi connectivity index (χ3v) is 5.89. The molecule has 2 nitrogen and oxygen atoms in total. The van der Waals surface area contributed by atoms with Gasteiger partial charge in [0.05, 0.1) is 6.07 Å².